The van der Waals surface area contributed by atoms with Crippen LogP contribution in [0.2, 0.25) is 15.5 Å². The lowest BCUT2D eigenvalue weighted by molar-refractivity contribution is 0.0918. The Balaban J connectivity index is 0.000000197. The normalized spacial score (nSPS) is 19.3. The number of hydrogen-bond acceptors (Lipinski definition) is 9. The first kappa shape index (κ1) is 41.1. The minimum absolute atomic E-state index is 0.00105. The van der Waals surface area contributed by atoms with E-state index >= 15 is 0 Å². The monoisotopic (exact) mass is 787 g/mol. The van der Waals surface area contributed by atoms with Crippen LogP contribution in [0.5, 0.6) is 0 Å². The number of rotatable bonds is 7. The number of amides is 1. The van der Waals surface area contributed by atoms with E-state index in [4.69, 9.17) is 52.4 Å². The van der Waals surface area contributed by atoms with Gasteiger partial charge in [-0.3, -0.25) is 9.59 Å². The molecule has 0 saturated heterocycles. The standard InChI is InChI=1S/C17H18ClFN6O.C12H19N3O.C6HCl2FN2/c1-25-8-14(21-9-25)17(26)23-12-4-2-3-11(6-12)22-16-13(19)5-10(7-20)15(18)24-16;1-15-7-11(14-8-15)12(16)6-9-3-2-4-10(13)5-9;1-10-4-2-3(9)5(7)11-6(4)8/h5,8-9,11-12H,2-4,6H2,1H3,(H,22,24)(H,23,26);7-10H,2-6,13H2,1H3;2H/t11-,12+;9-,10+;/m11./s1. The predicted molar refractivity (Wildman–Crippen MR) is 197 cm³/mol. The van der Waals surface area contributed by atoms with Gasteiger partial charge in [-0.1, -0.05) is 41.2 Å². The summed E-state index contributed by atoms with van der Waals surface area (Å²) in [7, 11) is 3.68. The van der Waals surface area contributed by atoms with Crippen molar-refractivity contribution < 1.29 is 18.4 Å². The highest BCUT2D eigenvalue weighted by molar-refractivity contribution is 6.34. The summed E-state index contributed by atoms with van der Waals surface area (Å²) in [6.45, 7) is 6.54. The summed E-state index contributed by atoms with van der Waals surface area (Å²) in [5, 5.41) is 14.4. The van der Waals surface area contributed by atoms with Crippen molar-refractivity contribution in [2.75, 3.05) is 5.32 Å². The average molecular weight is 789 g/mol. The van der Waals surface area contributed by atoms with Gasteiger partial charge in [0.25, 0.3) is 5.91 Å². The number of halogens is 5. The van der Waals surface area contributed by atoms with Gasteiger partial charge in [-0.15, -0.1) is 0 Å². The van der Waals surface area contributed by atoms with Gasteiger partial charge >= 0.3 is 0 Å². The van der Waals surface area contributed by atoms with Gasteiger partial charge in [0.1, 0.15) is 33.6 Å². The highest BCUT2D eigenvalue weighted by atomic mass is 35.5. The summed E-state index contributed by atoms with van der Waals surface area (Å²) in [6, 6.07) is 4.02. The summed E-state index contributed by atoms with van der Waals surface area (Å²) in [6.07, 6.45) is 14.9. The average Bonchev–Trinajstić information content (AvgIpc) is 3.77. The predicted octanol–water partition coefficient (Wildman–Crippen LogP) is 7.22. The van der Waals surface area contributed by atoms with Gasteiger partial charge in [-0.05, 0) is 63.0 Å². The maximum atomic E-state index is 14.1. The van der Waals surface area contributed by atoms with Gasteiger partial charge in [-0.25, -0.2) is 33.6 Å². The van der Waals surface area contributed by atoms with Gasteiger partial charge in [0, 0.05) is 51.0 Å². The molecule has 2 aliphatic carbocycles. The van der Waals surface area contributed by atoms with Crippen molar-refractivity contribution in [3.63, 3.8) is 0 Å². The van der Waals surface area contributed by atoms with E-state index in [1.807, 2.05) is 7.05 Å². The number of nitrogens with one attached hydrogen (secondary N) is 2. The Hall–Kier alpha value is -4.67. The smallest absolute Gasteiger partial charge is 0.271 e. The van der Waals surface area contributed by atoms with Crippen LogP contribution in [0, 0.1) is 35.5 Å². The molecule has 13 nitrogen and oxygen atoms in total. The SMILES string of the molecule is Cn1cnc(C(=O)C[C@@H]2CCC[C@H](N)C2)c1.Cn1cnc(C(=O)N[C@H]2CCC[C@@H](Nc3nc(Cl)c(C#N)cc3F)C2)c1.[C-]#[N+]c1cc(F)c(Cl)nc1Cl. The van der Waals surface area contributed by atoms with Gasteiger partial charge in [0.2, 0.25) is 5.69 Å². The van der Waals surface area contributed by atoms with Crippen molar-refractivity contribution >= 4 is 58.0 Å². The molecule has 0 aromatic carbocycles. The molecule has 18 heteroatoms. The molecule has 1 amide bonds. The van der Waals surface area contributed by atoms with Crippen molar-refractivity contribution in [1.82, 2.24) is 34.4 Å². The minimum atomic E-state index is -0.734. The number of aryl methyl sites for hydroxylation is 2. The van der Waals surface area contributed by atoms with Crippen molar-refractivity contribution in [3.05, 3.63) is 92.6 Å². The topological polar surface area (TPSA) is 174 Å². The molecule has 4 heterocycles. The number of carbonyl (C=O) groups is 2. The Morgan fingerprint density at radius 3 is 2.23 bits per heavy atom. The molecule has 4 aromatic rings. The van der Waals surface area contributed by atoms with E-state index in [9.17, 15) is 18.4 Å². The van der Waals surface area contributed by atoms with Crippen molar-refractivity contribution in [2.45, 2.75) is 75.9 Å². The third-order valence-electron chi connectivity index (χ3n) is 8.61. The van der Waals surface area contributed by atoms with Crippen LogP contribution in [-0.4, -0.2) is 58.9 Å². The Morgan fingerprint density at radius 1 is 0.943 bits per heavy atom. The maximum Gasteiger partial charge on any atom is 0.271 e. The number of imidazole rings is 2. The summed E-state index contributed by atoms with van der Waals surface area (Å²) >= 11 is 16.6. The molecule has 4 aromatic heterocycles. The zero-order valence-corrected chi connectivity index (χ0v) is 31.3. The van der Waals surface area contributed by atoms with Crippen molar-refractivity contribution in [2.24, 2.45) is 25.7 Å². The first-order valence-electron chi connectivity index (χ1n) is 16.7. The lowest BCUT2D eigenvalue weighted by Gasteiger charge is -2.30. The molecule has 0 spiro atoms. The molecule has 6 rings (SSSR count). The van der Waals surface area contributed by atoms with Crippen LogP contribution >= 0.6 is 34.8 Å². The molecule has 0 radical (unpaired) electrons. The largest absolute Gasteiger partial charge is 0.365 e. The number of aromatic nitrogens is 6. The van der Waals surface area contributed by atoms with Crippen molar-refractivity contribution in [1.29, 1.82) is 5.26 Å². The minimum Gasteiger partial charge on any atom is -0.365 e. The number of ketones is 1. The second-order valence-corrected chi connectivity index (χ2v) is 14.0. The highest BCUT2D eigenvalue weighted by Crippen LogP contribution is 2.28. The zero-order valence-electron chi connectivity index (χ0n) is 29.0. The summed E-state index contributed by atoms with van der Waals surface area (Å²) in [5.74, 6) is -0.941. The highest BCUT2D eigenvalue weighted by Gasteiger charge is 2.26. The molecular weight excluding hydrogens is 751 g/mol. The second-order valence-electron chi connectivity index (χ2n) is 12.9. The lowest BCUT2D eigenvalue weighted by atomic mass is 9.83. The molecule has 0 unspecified atom stereocenters. The molecule has 280 valence electrons. The zero-order chi connectivity index (χ0) is 38.7. The number of carbonyl (C=O) groups excluding carboxylic acids is 2. The van der Waals surface area contributed by atoms with E-state index in [2.05, 4.69) is 35.4 Å². The van der Waals surface area contributed by atoms with Crippen LogP contribution in [0.15, 0.2) is 37.2 Å². The van der Waals surface area contributed by atoms with Gasteiger partial charge < -0.3 is 25.5 Å². The number of Topliss-reactive ketones (excluding diaryl/α,β-unsaturated/α-hetero) is 1. The quantitative estimate of drug-likeness (QED) is 0.0993. The molecule has 2 aliphatic rings. The Bertz CT molecular complexity index is 1990. The molecule has 4 atom stereocenters. The third kappa shape index (κ3) is 12.2. The van der Waals surface area contributed by atoms with Crippen LogP contribution in [0.4, 0.5) is 20.3 Å². The Kier molecular flexibility index (Phi) is 15.1. The Labute approximate surface area is 320 Å². The van der Waals surface area contributed by atoms with Gasteiger partial charge in [0.15, 0.2) is 22.6 Å². The number of nitrogens with zero attached hydrogens (tertiary/aromatic N) is 8. The summed E-state index contributed by atoms with van der Waals surface area (Å²) < 4.78 is 30.2. The maximum absolute atomic E-state index is 14.1. The molecule has 0 bridgehead atoms. The fourth-order valence-corrected chi connectivity index (χ4v) is 6.58. The number of hydrogen-bond donors (Lipinski definition) is 3. The van der Waals surface area contributed by atoms with E-state index in [0.717, 1.165) is 57.1 Å². The number of nitriles is 1. The lowest BCUT2D eigenvalue weighted by Crippen LogP contribution is -2.42. The fourth-order valence-electron chi connectivity index (χ4n) is 6.04. The van der Waals surface area contributed by atoms with Crippen LogP contribution in [0.1, 0.15) is 84.3 Å². The number of pyridine rings is 2. The van der Waals surface area contributed by atoms with E-state index in [-0.39, 0.29) is 62.3 Å². The number of nitrogens with two attached hydrogens (primary N) is 1. The summed E-state index contributed by atoms with van der Waals surface area (Å²) in [4.78, 5) is 42.5. The summed E-state index contributed by atoms with van der Waals surface area (Å²) in [5.41, 5.74) is 6.83. The van der Waals surface area contributed by atoms with Gasteiger partial charge in [-0.2, -0.15) is 5.26 Å². The van der Waals surface area contributed by atoms with Crippen LogP contribution in [-0.2, 0) is 14.1 Å². The molecule has 2 saturated carbocycles. The van der Waals surface area contributed by atoms with Crippen molar-refractivity contribution in [3.8, 4) is 6.07 Å². The second kappa shape index (κ2) is 19.4. The molecule has 4 N–H and O–H groups in total. The molecule has 0 aliphatic heterocycles. The van der Waals surface area contributed by atoms with Crippen LogP contribution < -0.4 is 16.4 Å². The fraction of sp³-hybridized carbons (Fsp3) is 0.429. The van der Waals surface area contributed by atoms with E-state index in [1.54, 1.807) is 47.3 Å². The molecule has 53 heavy (non-hydrogen) atoms. The van der Waals surface area contributed by atoms with E-state index < -0.39 is 11.6 Å². The van der Waals surface area contributed by atoms with E-state index in [0.29, 0.717) is 30.1 Å². The Morgan fingerprint density at radius 2 is 1.60 bits per heavy atom. The van der Waals surface area contributed by atoms with Crippen LogP contribution in [0.3, 0.4) is 0 Å². The molecule has 2 fully saturated rings. The number of anilines is 1. The van der Waals surface area contributed by atoms with Crippen LogP contribution in [0.25, 0.3) is 4.85 Å². The molecular formula is C35H38Cl3F2N11O2. The third-order valence-corrected chi connectivity index (χ3v) is 9.45. The first-order valence-corrected chi connectivity index (χ1v) is 17.9. The van der Waals surface area contributed by atoms with E-state index in [1.165, 1.54) is 0 Å². The first-order chi connectivity index (χ1) is 25.3. The van der Waals surface area contributed by atoms with Gasteiger partial charge in [0.05, 0.1) is 24.8 Å².